The van der Waals surface area contributed by atoms with Crippen LogP contribution in [0.25, 0.3) is 0 Å². The van der Waals surface area contributed by atoms with E-state index in [0.29, 0.717) is 28.3 Å². The Morgan fingerprint density at radius 1 is 1.24 bits per heavy atom. The molecule has 1 aromatic heterocycles. The minimum atomic E-state index is -0.340. The zero-order valence-corrected chi connectivity index (χ0v) is 18.1. The maximum absolute atomic E-state index is 12.1. The number of rotatable bonds is 8. The number of hydrogen-bond donors (Lipinski definition) is 1. The van der Waals surface area contributed by atoms with Crippen molar-refractivity contribution in [1.82, 2.24) is 20.1 Å². The number of hydrogen-bond acceptors (Lipinski definition) is 5. The van der Waals surface area contributed by atoms with Gasteiger partial charge in [-0.1, -0.05) is 59.8 Å². The van der Waals surface area contributed by atoms with Crippen molar-refractivity contribution in [3.63, 3.8) is 0 Å². The van der Waals surface area contributed by atoms with Crippen molar-refractivity contribution in [3.05, 3.63) is 70.5 Å². The van der Waals surface area contributed by atoms with Crippen LogP contribution in [0.15, 0.2) is 53.7 Å². The number of carbonyl (C=O) groups is 1. The molecule has 0 saturated carbocycles. The molecule has 0 aliphatic rings. The van der Waals surface area contributed by atoms with E-state index < -0.39 is 0 Å². The Bertz CT molecular complexity index is 978. The molecule has 0 saturated heterocycles. The molecular weight excluding hydrogens is 408 g/mol. The van der Waals surface area contributed by atoms with Crippen LogP contribution in [0.4, 0.5) is 0 Å². The Balaban J connectivity index is 1.56. The molecule has 3 aromatic rings. The second kappa shape index (κ2) is 9.80. The summed E-state index contributed by atoms with van der Waals surface area (Å²) in [5, 5.41) is 12.5. The molecule has 29 heavy (non-hydrogen) atoms. The van der Waals surface area contributed by atoms with Crippen LogP contribution in [0.2, 0.25) is 5.02 Å². The normalized spacial score (nSPS) is 11.9. The van der Waals surface area contributed by atoms with Crippen LogP contribution in [0, 0.1) is 6.92 Å². The molecular formula is C21H23ClN4O2S. The Hall–Kier alpha value is -2.51. The van der Waals surface area contributed by atoms with Crippen LogP contribution in [-0.4, -0.2) is 26.4 Å². The number of halogens is 1. The summed E-state index contributed by atoms with van der Waals surface area (Å²) in [6.45, 7) is 4.38. The average Bonchev–Trinajstić information content (AvgIpc) is 3.09. The number of nitrogens with one attached hydrogen (secondary N) is 1. The van der Waals surface area contributed by atoms with Gasteiger partial charge in [-0.15, -0.1) is 10.2 Å². The number of aromatic nitrogens is 3. The Morgan fingerprint density at radius 2 is 2.00 bits per heavy atom. The van der Waals surface area contributed by atoms with Crippen LogP contribution in [0.5, 0.6) is 5.75 Å². The van der Waals surface area contributed by atoms with E-state index in [9.17, 15) is 4.79 Å². The molecule has 6 nitrogen and oxygen atoms in total. The van der Waals surface area contributed by atoms with E-state index >= 15 is 0 Å². The number of carbonyl (C=O) groups excluding carboxylic acids is 1. The molecule has 0 spiro atoms. The second-order valence-corrected chi connectivity index (χ2v) is 7.99. The maximum Gasteiger partial charge on any atom is 0.230 e. The van der Waals surface area contributed by atoms with E-state index in [1.165, 1.54) is 11.8 Å². The van der Waals surface area contributed by atoms with Crippen molar-refractivity contribution < 1.29 is 9.53 Å². The molecule has 0 aliphatic heterocycles. The summed E-state index contributed by atoms with van der Waals surface area (Å²) in [6.07, 6.45) is -0.340. The number of thioether (sulfide) groups is 1. The van der Waals surface area contributed by atoms with Crippen LogP contribution < -0.4 is 10.1 Å². The van der Waals surface area contributed by atoms with Gasteiger partial charge in [0, 0.05) is 13.6 Å². The lowest BCUT2D eigenvalue weighted by Crippen LogP contribution is -2.24. The molecule has 1 heterocycles. The van der Waals surface area contributed by atoms with Gasteiger partial charge in [0.15, 0.2) is 17.1 Å². The molecule has 3 rings (SSSR count). The summed E-state index contributed by atoms with van der Waals surface area (Å²) < 4.78 is 7.81. The topological polar surface area (TPSA) is 69.0 Å². The third kappa shape index (κ3) is 5.74. The van der Waals surface area contributed by atoms with Crippen LogP contribution in [0.3, 0.4) is 0 Å². The van der Waals surface area contributed by atoms with Crippen LogP contribution in [0.1, 0.15) is 30.0 Å². The lowest BCUT2D eigenvalue weighted by atomic mass is 10.2. The standard InChI is InChI=1S/C21H23ClN4O2S/c1-14-9-10-17(22)18(11-14)28-15(2)20-24-25-21(26(20)3)29-13-19(27)23-12-16-7-5-4-6-8-16/h4-11,15H,12-13H2,1-3H3,(H,23,27)/t15-/m0/s1. The smallest absolute Gasteiger partial charge is 0.230 e. The molecule has 8 heteroatoms. The van der Waals surface area contributed by atoms with Gasteiger partial charge < -0.3 is 14.6 Å². The minimum absolute atomic E-state index is 0.0563. The van der Waals surface area contributed by atoms with Gasteiger partial charge in [0.05, 0.1) is 10.8 Å². The fourth-order valence-electron chi connectivity index (χ4n) is 2.73. The van der Waals surface area contributed by atoms with Gasteiger partial charge in [0.25, 0.3) is 0 Å². The first-order valence-corrected chi connectivity index (χ1v) is 10.6. The van der Waals surface area contributed by atoms with E-state index in [2.05, 4.69) is 15.5 Å². The molecule has 1 N–H and O–H groups in total. The lowest BCUT2D eigenvalue weighted by Gasteiger charge is -2.15. The van der Waals surface area contributed by atoms with Gasteiger partial charge in [0.2, 0.25) is 5.91 Å². The number of aryl methyl sites for hydroxylation is 1. The Labute approximate surface area is 179 Å². The molecule has 1 atom stereocenters. The predicted molar refractivity (Wildman–Crippen MR) is 115 cm³/mol. The van der Waals surface area contributed by atoms with E-state index in [4.69, 9.17) is 16.3 Å². The van der Waals surface area contributed by atoms with Crippen LogP contribution in [-0.2, 0) is 18.4 Å². The predicted octanol–water partition coefficient (Wildman–Crippen LogP) is 4.33. The summed E-state index contributed by atoms with van der Waals surface area (Å²) in [7, 11) is 1.86. The zero-order chi connectivity index (χ0) is 20.8. The molecule has 0 unspecified atom stereocenters. The van der Waals surface area contributed by atoms with Crippen molar-refractivity contribution in [2.75, 3.05) is 5.75 Å². The molecule has 152 valence electrons. The fraction of sp³-hybridized carbons (Fsp3) is 0.286. The molecule has 0 radical (unpaired) electrons. The first-order valence-electron chi connectivity index (χ1n) is 9.19. The second-order valence-electron chi connectivity index (χ2n) is 6.64. The van der Waals surface area contributed by atoms with Crippen molar-refractivity contribution in [1.29, 1.82) is 0 Å². The highest BCUT2D eigenvalue weighted by atomic mass is 35.5. The molecule has 2 aromatic carbocycles. The third-order valence-corrected chi connectivity index (χ3v) is 5.62. The zero-order valence-electron chi connectivity index (χ0n) is 16.6. The summed E-state index contributed by atoms with van der Waals surface area (Å²) in [5.74, 6) is 1.48. The van der Waals surface area contributed by atoms with Gasteiger partial charge in [0.1, 0.15) is 5.75 Å². The molecule has 0 bridgehead atoms. The van der Waals surface area contributed by atoms with E-state index in [0.717, 1.165) is 11.1 Å². The monoisotopic (exact) mass is 430 g/mol. The molecule has 0 aliphatic carbocycles. The summed E-state index contributed by atoms with van der Waals surface area (Å²) in [6, 6.07) is 15.4. The minimum Gasteiger partial charge on any atom is -0.481 e. The van der Waals surface area contributed by atoms with E-state index in [-0.39, 0.29) is 17.8 Å². The lowest BCUT2D eigenvalue weighted by molar-refractivity contribution is -0.118. The third-order valence-electron chi connectivity index (χ3n) is 4.29. The highest BCUT2D eigenvalue weighted by molar-refractivity contribution is 7.99. The Kier molecular flexibility index (Phi) is 7.17. The van der Waals surface area contributed by atoms with Crippen molar-refractivity contribution >= 4 is 29.3 Å². The largest absolute Gasteiger partial charge is 0.481 e. The first-order chi connectivity index (χ1) is 13.9. The number of ether oxygens (including phenoxy) is 1. The van der Waals surface area contributed by atoms with Gasteiger partial charge in [-0.25, -0.2) is 0 Å². The van der Waals surface area contributed by atoms with Crippen molar-refractivity contribution in [2.45, 2.75) is 31.7 Å². The highest BCUT2D eigenvalue weighted by Crippen LogP contribution is 2.30. The maximum atomic E-state index is 12.1. The summed E-state index contributed by atoms with van der Waals surface area (Å²) in [4.78, 5) is 12.1. The number of amides is 1. The average molecular weight is 431 g/mol. The van der Waals surface area contributed by atoms with Gasteiger partial charge in [-0.3, -0.25) is 4.79 Å². The number of benzene rings is 2. The first kappa shape index (κ1) is 21.2. The van der Waals surface area contributed by atoms with E-state index in [1.807, 2.05) is 74.0 Å². The fourth-order valence-corrected chi connectivity index (χ4v) is 3.64. The Morgan fingerprint density at radius 3 is 2.76 bits per heavy atom. The van der Waals surface area contributed by atoms with Gasteiger partial charge >= 0.3 is 0 Å². The molecule has 1 amide bonds. The van der Waals surface area contributed by atoms with E-state index in [1.54, 1.807) is 0 Å². The van der Waals surface area contributed by atoms with Crippen molar-refractivity contribution in [2.24, 2.45) is 7.05 Å². The highest BCUT2D eigenvalue weighted by Gasteiger charge is 2.19. The van der Waals surface area contributed by atoms with Gasteiger partial charge in [-0.05, 0) is 37.1 Å². The van der Waals surface area contributed by atoms with Crippen LogP contribution >= 0.6 is 23.4 Å². The molecule has 0 fully saturated rings. The summed E-state index contributed by atoms with van der Waals surface area (Å²) >= 11 is 7.55. The SMILES string of the molecule is Cc1ccc(Cl)c(O[C@@H](C)c2nnc(SCC(=O)NCc3ccccc3)n2C)c1. The summed E-state index contributed by atoms with van der Waals surface area (Å²) in [5.41, 5.74) is 2.12. The van der Waals surface area contributed by atoms with Crippen molar-refractivity contribution in [3.8, 4) is 5.75 Å². The number of nitrogens with zero attached hydrogens (tertiary/aromatic N) is 3. The quantitative estimate of drug-likeness (QED) is 0.539. The van der Waals surface area contributed by atoms with Gasteiger partial charge in [-0.2, -0.15) is 0 Å².